The van der Waals surface area contributed by atoms with Gasteiger partial charge in [-0.3, -0.25) is 0 Å². The Kier molecular flexibility index (Phi) is 6.13. The van der Waals surface area contributed by atoms with E-state index in [9.17, 15) is 5.26 Å². The standard InChI is InChI=1S/C14H12Cl2O6/c15-12-7-3-1-5-10(12)14(21-18,22-20-9-19-17)11-6-2-4-8-13(11)16/h1-8,17-18H,9H2. The fourth-order valence-electron chi connectivity index (χ4n) is 1.93. The van der Waals surface area contributed by atoms with E-state index in [1.165, 1.54) is 0 Å². The van der Waals surface area contributed by atoms with Crippen molar-refractivity contribution in [2.45, 2.75) is 5.79 Å². The van der Waals surface area contributed by atoms with Gasteiger partial charge >= 0.3 is 0 Å². The first-order valence-electron chi connectivity index (χ1n) is 6.05. The Morgan fingerprint density at radius 3 is 1.77 bits per heavy atom. The highest BCUT2D eigenvalue weighted by molar-refractivity contribution is 6.32. The summed E-state index contributed by atoms with van der Waals surface area (Å²) in [5.41, 5.74) is 0.482. The van der Waals surface area contributed by atoms with Gasteiger partial charge in [-0.2, -0.15) is 9.78 Å². The quantitative estimate of drug-likeness (QED) is 0.340. The van der Waals surface area contributed by atoms with Crippen LogP contribution in [0.1, 0.15) is 11.1 Å². The van der Waals surface area contributed by atoms with Crippen molar-refractivity contribution in [2.75, 3.05) is 6.79 Å². The molecule has 0 radical (unpaired) electrons. The first kappa shape index (κ1) is 17.1. The summed E-state index contributed by atoms with van der Waals surface area (Å²) in [6.07, 6.45) is 0. The minimum Gasteiger partial charge on any atom is -0.249 e. The molecule has 0 saturated heterocycles. The summed E-state index contributed by atoms with van der Waals surface area (Å²) in [5.74, 6) is -1.96. The van der Waals surface area contributed by atoms with Gasteiger partial charge in [0, 0.05) is 21.2 Å². The molecule has 0 aliphatic carbocycles. The summed E-state index contributed by atoms with van der Waals surface area (Å²) < 4.78 is 0. The van der Waals surface area contributed by atoms with Gasteiger partial charge in [-0.05, 0) is 12.1 Å². The average molecular weight is 347 g/mol. The van der Waals surface area contributed by atoms with Gasteiger partial charge in [0.15, 0.2) is 0 Å². The smallest absolute Gasteiger partial charge is 0.249 e. The predicted octanol–water partition coefficient (Wildman–Crippen LogP) is 4.08. The largest absolute Gasteiger partial charge is 0.286 e. The Labute approximate surface area is 136 Å². The van der Waals surface area contributed by atoms with E-state index in [4.69, 9.17) is 33.3 Å². The molecular weight excluding hydrogens is 335 g/mol. The van der Waals surface area contributed by atoms with Crippen molar-refractivity contribution in [1.29, 1.82) is 0 Å². The molecule has 2 rings (SSSR count). The van der Waals surface area contributed by atoms with Crippen LogP contribution in [0.15, 0.2) is 48.5 Å². The monoisotopic (exact) mass is 346 g/mol. The van der Waals surface area contributed by atoms with Crippen LogP contribution in [0, 0.1) is 0 Å². The van der Waals surface area contributed by atoms with Crippen molar-refractivity contribution in [3.8, 4) is 0 Å². The second-order valence-corrected chi connectivity index (χ2v) is 4.93. The zero-order valence-corrected chi connectivity index (χ0v) is 12.6. The molecule has 0 fully saturated rings. The van der Waals surface area contributed by atoms with Crippen LogP contribution in [-0.2, 0) is 25.3 Å². The Morgan fingerprint density at radius 2 is 1.36 bits per heavy atom. The minimum atomic E-state index is -1.96. The second-order valence-electron chi connectivity index (χ2n) is 4.12. The normalized spacial score (nSPS) is 11.6. The topological polar surface area (TPSA) is 77.4 Å². The molecule has 0 aromatic heterocycles. The third-order valence-corrected chi connectivity index (χ3v) is 3.52. The highest BCUT2D eigenvalue weighted by Crippen LogP contribution is 2.41. The molecule has 0 atom stereocenters. The Morgan fingerprint density at radius 1 is 0.864 bits per heavy atom. The lowest BCUT2D eigenvalue weighted by Gasteiger charge is -2.30. The maximum Gasteiger partial charge on any atom is 0.286 e. The number of halogens is 2. The summed E-state index contributed by atoms with van der Waals surface area (Å²) in [4.78, 5) is 18.1. The minimum absolute atomic E-state index is 0.241. The van der Waals surface area contributed by atoms with E-state index >= 15 is 0 Å². The van der Waals surface area contributed by atoms with Crippen molar-refractivity contribution in [1.82, 2.24) is 0 Å². The lowest BCUT2D eigenvalue weighted by Crippen LogP contribution is -2.35. The van der Waals surface area contributed by atoms with Crippen LogP contribution in [0.2, 0.25) is 10.0 Å². The van der Waals surface area contributed by atoms with Crippen LogP contribution in [0.3, 0.4) is 0 Å². The molecule has 2 N–H and O–H groups in total. The van der Waals surface area contributed by atoms with Gasteiger partial charge < -0.3 is 0 Å². The first-order chi connectivity index (χ1) is 10.7. The Balaban J connectivity index is 2.57. The number of hydrogen-bond donors (Lipinski definition) is 2. The predicted molar refractivity (Wildman–Crippen MR) is 78.1 cm³/mol. The van der Waals surface area contributed by atoms with E-state index in [1.807, 2.05) is 0 Å². The first-order valence-corrected chi connectivity index (χ1v) is 6.81. The van der Waals surface area contributed by atoms with Gasteiger partial charge in [-0.1, -0.05) is 59.6 Å². The lowest BCUT2D eigenvalue weighted by atomic mass is 9.97. The van der Waals surface area contributed by atoms with Crippen molar-refractivity contribution in [3.05, 3.63) is 69.7 Å². The van der Waals surface area contributed by atoms with Crippen molar-refractivity contribution in [3.63, 3.8) is 0 Å². The molecule has 0 aliphatic heterocycles. The molecule has 0 aliphatic rings. The molecule has 0 unspecified atom stereocenters. The number of benzene rings is 2. The van der Waals surface area contributed by atoms with E-state index < -0.39 is 12.6 Å². The SMILES string of the molecule is OOCOOC(OO)(c1ccccc1Cl)c1ccccc1Cl. The van der Waals surface area contributed by atoms with Crippen LogP contribution < -0.4 is 0 Å². The fourth-order valence-corrected chi connectivity index (χ4v) is 2.45. The van der Waals surface area contributed by atoms with Gasteiger partial charge in [-0.15, -0.1) is 0 Å². The van der Waals surface area contributed by atoms with E-state index in [1.54, 1.807) is 48.5 Å². The third-order valence-electron chi connectivity index (χ3n) is 2.86. The van der Waals surface area contributed by atoms with Gasteiger partial charge in [0.25, 0.3) is 5.79 Å². The van der Waals surface area contributed by atoms with Crippen LogP contribution in [0.25, 0.3) is 0 Å². The van der Waals surface area contributed by atoms with E-state index in [-0.39, 0.29) is 21.2 Å². The molecule has 8 heteroatoms. The summed E-state index contributed by atoms with van der Waals surface area (Å²) in [6, 6.07) is 13.0. The van der Waals surface area contributed by atoms with Gasteiger partial charge in [0.1, 0.15) is 0 Å². The molecule has 0 heterocycles. The highest BCUT2D eigenvalue weighted by atomic mass is 35.5. The number of hydrogen-bond acceptors (Lipinski definition) is 6. The zero-order valence-electron chi connectivity index (χ0n) is 11.1. The van der Waals surface area contributed by atoms with Crippen LogP contribution in [0.4, 0.5) is 0 Å². The summed E-state index contributed by atoms with van der Waals surface area (Å²) >= 11 is 12.3. The molecule has 0 spiro atoms. The van der Waals surface area contributed by atoms with Crippen molar-refractivity contribution in [2.24, 2.45) is 0 Å². The fraction of sp³-hybridized carbons (Fsp3) is 0.143. The molecular formula is C14H12Cl2O6. The molecule has 6 nitrogen and oxygen atoms in total. The Bertz CT molecular complexity index is 576. The molecule has 0 bridgehead atoms. The maximum atomic E-state index is 9.51. The molecule has 0 amide bonds. The van der Waals surface area contributed by atoms with Gasteiger partial charge in [0.2, 0.25) is 6.79 Å². The van der Waals surface area contributed by atoms with Crippen molar-refractivity contribution < 1.29 is 30.1 Å². The molecule has 2 aromatic rings. The average Bonchev–Trinajstić information content (AvgIpc) is 2.54. The summed E-state index contributed by atoms with van der Waals surface area (Å²) in [6.45, 7) is -0.625. The second kappa shape index (κ2) is 7.87. The van der Waals surface area contributed by atoms with E-state index in [0.29, 0.717) is 0 Å². The third kappa shape index (κ3) is 3.40. The lowest BCUT2D eigenvalue weighted by molar-refractivity contribution is -0.519. The van der Waals surface area contributed by atoms with Crippen LogP contribution in [0.5, 0.6) is 0 Å². The Hall–Kier alpha value is -1.22. The van der Waals surface area contributed by atoms with E-state index in [0.717, 1.165) is 0 Å². The summed E-state index contributed by atoms with van der Waals surface area (Å²) in [5, 5.41) is 18.3. The van der Waals surface area contributed by atoms with Gasteiger partial charge in [-0.25, -0.2) is 20.3 Å². The van der Waals surface area contributed by atoms with Gasteiger partial charge in [0.05, 0.1) is 0 Å². The van der Waals surface area contributed by atoms with Crippen LogP contribution in [-0.4, -0.2) is 17.3 Å². The van der Waals surface area contributed by atoms with E-state index in [2.05, 4.69) is 14.7 Å². The molecule has 118 valence electrons. The van der Waals surface area contributed by atoms with Crippen molar-refractivity contribution >= 4 is 23.2 Å². The van der Waals surface area contributed by atoms with Crippen LogP contribution >= 0.6 is 23.2 Å². The molecule has 22 heavy (non-hydrogen) atoms. The molecule has 2 aromatic carbocycles. The highest BCUT2D eigenvalue weighted by Gasteiger charge is 2.43. The molecule has 0 saturated carbocycles. The zero-order chi connectivity index (χ0) is 16.0. The maximum absolute atomic E-state index is 9.51. The summed E-state index contributed by atoms with van der Waals surface area (Å²) in [7, 11) is 0. The number of rotatable bonds is 7.